The highest BCUT2D eigenvalue weighted by atomic mass is 16.5. The van der Waals surface area contributed by atoms with E-state index in [1.807, 2.05) is 49.1 Å². The fourth-order valence-corrected chi connectivity index (χ4v) is 2.42. The van der Waals surface area contributed by atoms with E-state index in [2.05, 4.69) is 0 Å². The Morgan fingerprint density at radius 2 is 2.11 bits per heavy atom. The molecular weight excluding hydrogens is 240 g/mol. The number of benzene rings is 1. The summed E-state index contributed by atoms with van der Waals surface area (Å²) in [6, 6.07) is 9.40. The normalized spacial score (nSPS) is 20.1. The van der Waals surface area contributed by atoms with E-state index in [4.69, 9.17) is 10.5 Å². The summed E-state index contributed by atoms with van der Waals surface area (Å²) in [5.74, 6) is 0.0113. The molecule has 0 spiro atoms. The van der Waals surface area contributed by atoms with Crippen LogP contribution in [0.5, 0.6) is 0 Å². The summed E-state index contributed by atoms with van der Waals surface area (Å²) in [5.41, 5.74) is 6.89. The largest absolute Gasteiger partial charge is 0.377 e. The summed E-state index contributed by atoms with van der Waals surface area (Å²) in [7, 11) is 0. The minimum Gasteiger partial charge on any atom is -0.377 e. The first kappa shape index (κ1) is 14.0. The van der Waals surface area contributed by atoms with E-state index >= 15 is 0 Å². The van der Waals surface area contributed by atoms with Gasteiger partial charge in [-0.3, -0.25) is 4.79 Å². The first-order chi connectivity index (χ1) is 9.00. The maximum absolute atomic E-state index is 12.5. The second-order valence-electron chi connectivity index (χ2n) is 5.65. The van der Waals surface area contributed by atoms with Crippen molar-refractivity contribution in [1.82, 2.24) is 4.90 Å². The highest BCUT2D eigenvalue weighted by molar-refractivity contribution is 5.82. The molecule has 1 aromatic rings. The third kappa shape index (κ3) is 3.33. The summed E-state index contributed by atoms with van der Waals surface area (Å²) < 4.78 is 5.43. The molecule has 1 heterocycles. The van der Waals surface area contributed by atoms with Gasteiger partial charge in [-0.25, -0.2) is 0 Å². The molecule has 1 aliphatic rings. The van der Waals surface area contributed by atoms with Crippen LogP contribution in [0.4, 0.5) is 0 Å². The van der Waals surface area contributed by atoms with Crippen LogP contribution in [-0.2, 0) is 16.0 Å². The molecule has 1 amide bonds. The average molecular weight is 262 g/mol. The van der Waals surface area contributed by atoms with Crippen LogP contribution in [0.25, 0.3) is 0 Å². The Morgan fingerprint density at radius 1 is 1.42 bits per heavy atom. The third-order valence-corrected chi connectivity index (χ3v) is 3.53. The molecule has 0 saturated carbocycles. The zero-order valence-electron chi connectivity index (χ0n) is 11.6. The van der Waals surface area contributed by atoms with Gasteiger partial charge in [0.1, 0.15) is 0 Å². The van der Waals surface area contributed by atoms with Crippen LogP contribution >= 0.6 is 0 Å². The lowest BCUT2D eigenvalue weighted by atomic mass is 9.99. The molecule has 2 rings (SSSR count). The highest BCUT2D eigenvalue weighted by Gasteiger charge is 2.36. The Labute approximate surface area is 114 Å². The lowest BCUT2D eigenvalue weighted by molar-refractivity contribution is -0.147. The van der Waals surface area contributed by atoms with Crippen LogP contribution in [0.1, 0.15) is 19.4 Å². The molecule has 0 bridgehead atoms. The van der Waals surface area contributed by atoms with Gasteiger partial charge in [-0.05, 0) is 25.8 Å². The fourth-order valence-electron chi connectivity index (χ4n) is 2.42. The van der Waals surface area contributed by atoms with Crippen molar-refractivity contribution in [2.45, 2.75) is 31.8 Å². The van der Waals surface area contributed by atoms with Crippen LogP contribution < -0.4 is 5.73 Å². The molecule has 4 nitrogen and oxygen atoms in total. The number of carbonyl (C=O) groups excluding carboxylic acids is 1. The molecular formula is C15H22N2O2. The van der Waals surface area contributed by atoms with E-state index in [0.717, 1.165) is 5.56 Å². The molecule has 0 radical (unpaired) electrons. The van der Waals surface area contributed by atoms with Crippen LogP contribution in [0.15, 0.2) is 30.3 Å². The zero-order chi connectivity index (χ0) is 13.9. The van der Waals surface area contributed by atoms with E-state index in [0.29, 0.717) is 26.2 Å². The number of nitrogens with two attached hydrogens (primary N) is 1. The first-order valence-corrected chi connectivity index (χ1v) is 6.69. The number of carbonyl (C=O) groups is 1. The molecule has 19 heavy (non-hydrogen) atoms. The van der Waals surface area contributed by atoms with Gasteiger partial charge in [-0.2, -0.15) is 0 Å². The highest BCUT2D eigenvalue weighted by Crippen LogP contribution is 2.20. The van der Waals surface area contributed by atoms with Gasteiger partial charge in [-0.15, -0.1) is 0 Å². The van der Waals surface area contributed by atoms with Crippen molar-refractivity contribution in [3.63, 3.8) is 0 Å². The Kier molecular flexibility index (Phi) is 4.22. The SMILES string of the molecule is CC1(C)COCCN1C(=O)C(N)Cc1ccccc1. The molecule has 1 aliphatic heterocycles. The Hall–Kier alpha value is -1.39. The predicted molar refractivity (Wildman–Crippen MR) is 74.7 cm³/mol. The van der Waals surface area contributed by atoms with Gasteiger partial charge in [0.2, 0.25) is 5.91 Å². The lowest BCUT2D eigenvalue weighted by Crippen LogP contribution is -2.59. The van der Waals surface area contributed by atoms with Crippen molar-refractivity contribution >= 4 is 5.91 Å². The molecule has 2 N–H and O–H groups in total. The molecule has 1 saturated heterocycles. The fraction of sp³-hybridized carbons (Fsp3) is 0.533. The molecule has 4 heteroatoms. The van der Waals surface area contributed by atoms with Gasteiger partial charge in [0.15, 0.2) is 0 Å². The quantitative estimate of drug-likeness (QED) is 0.890. The molecule has 1 unspecified atom stereocenters. The summed E-state index contributed by atoms with van der Waals surface area (Å²) in [6.45, 7) is 5.80. The van der Waals surface area contributed by atoms with Crippen molar-refractivity contribution in [1.29, 1.82) is 0 Å². The second-order valence-corrected chi connectivity index (χ2v) is 5.65. The number of morpholine rings is 1. The van der Waals surface area contributed by atoms with Gasteiger partial charge in [0.25, 0.3) is 0 Å². The number of hydrogen-bond acceptors (Lipinski definition) is 3. The Morgan fingerprint density at radius 3 is 2.74 bits per heavy atom. The second kappa shape index (κ2) is 5.72. The van der Waals surface area contributed by atoms with E-state index in [1.54, 1.807) is 0 Å². The van der Waals surface area contributed by atoms with Gasteiger partial charge < -0.3 is 15.4 Å². The number of ether oxygens (including phenoxy) is 1. The molecule has 104 valence electrons. The maximum Gasteiger partial charge on any atom is 0.240 e. The summed E-state index contributed by atoms with van der Waals surface area (Å²) >= 11 is 0. The zero-order valence-corrected chi connectivity index (χ0v) is 11.6. The monoisotopic (exact) mass is 262 g/mol. The smallest absolute Gasteiger partial charge is 0.240 e. The van der Waals surface area contributed by atoms with Crippen LogP contribution in [0, 0.1) is 0 Å². The standard InChI is InChI=1S/C15H22N2O2/c1-15(2)11-19-9-8-17(15)14(18)13(16)10-12-6-4-3-5-7-12/h3-7,13H,8-11,16H2,1-2H3. The van der Waals surface area contributed by atoms with E-state index in [1.165, 1.54) is 0 Å². The van der Waals surface area contributed by atoms with Gasteiger partial charge >= 0.3 is 0 Å². The van der Waals surface area contributed by atoms with E-state index in [-0.39, 0.29) is 11.4 Å². The number of nitrogens with zero attached hydrogens (tertiary/aromatic N) is 1. The topological polar surface area (TPSA) is 55.6 Å². The van der Waals surface area contributed by atoms with Gasteiger partial charge in [-0.1, -0.05) is 30.3 Å². The van der Waals surface area contributed by atoms with Crippen molar-refractivity contribution in [3.05, 3.63) is 35.9 Å². The Balaban J connectivity index is 2.02. The molecule has 1 aromatic carbocycles. The molecule has 1 atom stereocenters. The molecule has 1 fully saturated rings. The van der Waals surface area contributed by atoms with Gasteiger partial charge in [0, 0.05) is 6.54 Å². The van der Waals surface area contributed by atoms with Crippen molar-refractivity contribution < 1.29 is 9.53 Å². The minimum atomic E-state index is -0.486. The average Bonchev–Trinajstić information content (AvgIpc) is 2.38. The van der Waals surface area contributed by atoms with Crippen molar-refractivity contribution in [2.24, 2.45) is 5.73 Å². The first-order valence-electron chi connectivity index (χ1n) is 6.69. The van der Waals surface area contributed by atoms with Crippen molar-refractivity contribution in [2.75, 3.05) is 19.8 Å². The summed E-state index contributed by atoms with van der Waals surface area (Å²) in [4.78, 5) is 14.3. The summed E-state index contributed by atoms with van der Waals surface area (Å²) in [6.07, 6.45) is 0.576. The maximum atomic E-state index is 12.5. The Bertz CT molecular complexity index is 431. The third-order valence-electron chi connectivity index (χ3n) is 3.53. The van der Waals surface area contributed by atoms with Gasteiger partial charge in [0.05, 0.1) is 24.8 Å². The lowest BCUT2D eigenvalue weighted by Gasteiger charge is -2.43. The number of rotatable bonds is 3. The number of amides is 1. The van der Waals surface area contributed by atoms with E-state index < -0.39 is 6.04 Å². The van der Waals surface area contributed by atoms with Crippen LogP contribution in [0.3, 0.4) is 0 Å². The van der Waals surface area contributed by atoms with Crippen LogP contribution in [0.2, 0.25) is 0 Å². The summed E-state index contributed by atoms with van der Waals surface area (Å²) in [5, 5.41) is 0. The van der Waals surface area contributed by atoms with Crippen molar-refractivity contribution in [3.8, 4) is 0 Å². The van der Waals surface area contributed by atoms with E-state index in [9.17, 15) is 4.79 Å². The molecule has 0 aromatic heterocycles. The minimum absolute atomic E-state index is 0.0113. The number of hydrogen-bond donors (Lipinski definition) is 1. The predicted octanol–water partition coefficient (Wildman–Crippen LogP) is 1.19. The molecule has 0 aliphatic carbocycles. The van der Waals surface area contributed by atoms with Crippen LogP contribution in [-0.4, -0.2) is 42.1 Å².